The van der Waals surface area contributed by atoms with Gasteiger partial charge in [0.05, 0.1) is 18.3 Å². The molecule has 3 aliphatic rings. The Hall–Kier alpha value is -2.76. The Morgan fingerprint density at radius 3 is 2.71 bits per heavy atom. The third-order valence-corrected chi connectivity index (χ3v) is 8.94. The number of hydrogen-bond donors (Lipinski definition) is 2. The zero-order valence-electron chi connectivity index (χ0n) is 19.2. The number of aryl methyl sites for hydroxylation is 1. The maximum Gasteiger partial charge on any atom is 0.263 e. The molecule has 11 heteroatoms. The Labute approximate surface area is 198 Å². The van der Waals surface area contributed by atoms with Crippen molar-refractivity contribution in [1.29, 1.82) is 0 Å². The van der Waals surface area contributed by atoms with Gasteiger partial charge in [-0.15, -0.1) is 0 Å². The van der Waals surface area contributed by atoms with E-state index in [0.717, 1.165) is 12.8 Å². The van der Waals surface area contributed by atoms with Gasteiger partial charge in [0, 0.05) is 56.2 Å². The highest BCUT2D eigenvalue weighted by Gasteiger charge is 2.60. The second kappa shape index (κ2) is 8.47. The lowest BCUT2D eigenvalue weighted by Gasteiger charge is -2.36. The molecule has 182 valence electrons. The number of carbonyl (C=O) groups is 1. The molecule has 0 radical (unpaired) electrons. The van der Waals surface area contributed by atoms with Gasteiger partial charge >= 0.3 is 0 Å². The van der Waals surface area contributed by atoms with Crippen molar-refractivity contribution in [2.75, 3.05) is 13.2 Å². The van der Waals surface area contributed by atoms with Crippen molar-refractivity contribution in [2.24, 2.45) is 24.8 Å². The summed E-state index contributed by atoms with van der Waals surface area (Å²) in [6.45, 7) is 2.03. The topological polar surface area (TPSA) is 127 Å². The molecule has 2 aromatic heterocycles. The number of pyridine rings is 1. The molecule has 2 bridgehead atoms. The minimum atomic E-state index is -4.10. The van der Waals surface area contributed by atoms with E-state index in [1.54, 1.807) is 40.5 Å². The van der Waals surface area contributed by atoms with E-state index >= 15 is 0 Å². The van der Waals surface area contributed by atoms with Gasteiger partial charge in [-0.3, -0.25) is 9.59 Å². The van der Waals surface area contributed by atoms with Gasteiger partial charge < -0.3 is 19.6 Å². The molecule has 5 rings (SSSR count). The quantitative estimate of drug-likeness (QED) is 0.586. The summed E-state index contributed by atoms with van der Waals surface area (Å²) >= 11 is 0. The van der Waals surface area contributed by atoms with Crippen molar-refractivity contribution in [2.45, 2.75) is 43.4 Å². The molecule has 1 saturated carbocycles. The first kappa shape index (κ1) is 23.0. The lowest BCUT2D eigenvalue weighted by atomic mass is 9.86. The number of aliphatic hydroxyl groups excluding tert-OH is 1. The number of amides is 1. The fourth-order valence-electron chi connectivity index (χ4n) is 5.32. The first-order valence-corrected chi connectivity index (χ1v) is 13.0. The van der Waals surface area contributed by atoms with Gasteiger partial charge in [0.2, 0.25) is 5.91 Å². The van der Waals surface area contributed by atoms with Crippen LogP contribution in [0.5, 0.6) is 0 Å². The highest BCUT2D eigenvalue weighted by Crippen LogP contribution is 2.50. The lowest BCUT2D eigenvalue weighted by Crippen LogP contribution is -2.49. The minimum absolute atomic E-state index is 0.0553. The minimum Gasteiger partial charge on any atom is -0.396 e. The van der Waals surface area contributed by atoms with E-state index in [1.807, 2.05) is 6.92 Å². The van der Waals surface area contributed by atoms with Gasteiger partial charge in [-0.1, -0.05) is 12.2 Å². The van der Waals surface area contributed by atoms with Crippen LogP contribution in [0.3, 0.4) is 0 Å². The fraction of sp³-hybridized carbons (Fsp3) is 0.522. The van der Waals surface area contributed by atoms with E-state index in [1.165, 1.54) is 16.8 Å². The molecule has 0 unspecified atom stereocenters. The first-order chi connectivity index (χ1) is 16.3. The smallest absolute Gasteiger partial charge is 0.263 e. The first-order valence-electron chi connectivity index (χ1n) is 11.5. The van der Waals surface area contributed by atoms with E-state index in [4.69, 9.17) is 0 Å². The molecule has 2 aliphatic heterocycles. The number of nitrogens with one attached hydrogen (secondary N) is 1. The molecule has 2 N–H and O–H groups in total. The average molecular weight is 488 g/mol. The summed E-state index contributed by atoms with van der Waals surface area (Å²) in [7, 11) is -2.42. The number of fused-ring (bicyclic) bond motifs is 4. The maximum atomic E-state index is 13.8. The molecular weight excluding hydrogens is 458 g/mol. The molecular formula is C23H29N5O5S. The van der Waals surface area contributed by atoms with Crippen LogP contribution < -0.4 is 10.9 Å². The van der Waals surface area contributed by atoms with E-state index in [0.29, 0.717) is 23.7 Å². The molecule has 2 fully saturated rings. The monoisotopic (exact) mass is 487 g/mol. The van der Waals surface area contributed by atoms with Crippen LogP contribution in [0, 0.1) is 17.8 Å². The maximum absolute atomic E-state index is 13.8. The Kier molecular flexibility index (Phi) is 5.73. The lowest BCUT2D eigenvalue weighted by molar-refractivity contribution is -0.127. The summed E-state index contributed by atoms with van der Waals surface area (Å²) in [5.74, 6) is -1.33. The number of allylic oxidation sites excluding steroid dienone is 1. The van der Waals surface area contributed by atoms with Gasteiger partial charge in [-0.25, -0.2) is 13.4 Å². The highest BCUT2D eigenvalue weighted by molar-refractivity contribution is 7.89. The Bertz CT molecular complexity index is 1310. The average Bonchev–Trinajstić information content (AvgIpc) is 3.47. The Morgan fingerprint density at radius 1 is 1.32 bits per heavy atom. The third kappa shape index (κ3) is 3.62. The number of nitrogens with zero attached hydrogens (tertiary/aromatic N) is 4. The van der Waals surface area contributed by atoms with Crippen molar-refractivity contribution in [3.63, 3.8) is 0 Å². The van der Waals surface area contributed by atoms with Crippen molar-refractivity contribution >= 4 is 22.0 Å². The van der Waals surface area contributed by atoms with Crippen molar-refractivity contribution in [3.8, 4) is 0 Å². The predicted molar refractivity (Wildman–Crippen MR) is 124 cm³/mol. The number of aliphatic hydroxyl groups is 1. The van der Waals surface area contributed by atoms with E-state index < -0.39 is 33.9 Å². The van der Waals surface area contributed by atoms with Crippen LogP contribution in [-0.4, -0.2) is 57.0 Å². The molecule has 34 heavy (non-hydrogen) atoms. The summed E-state index contributed by atoms with van der Waals surface area (Å²) in [5, 5.41) is 13.2. The summed E-state index contributed by atoms with van der Waals surface area (Å²) in [5.41, 5.74) is 0.703. The molecule has 1 amide bonds. The van der Waals surface area contributed by atoms with Crippen LogP contribution in [0.4, 0.5) is 0 Å². The van der Waals surface area contributed by atoms with Crippen LogP contribution in [-0.2, 0) is 28.4 Å². The summed E-state index contributed by atoms with van der Waals surface area (Å²) in [6, 6.07) is 1.70. The number of aromatic nitrogens is 3. The normalized spacial score (nSPS) is 26.7. The highest BCUT2D eigenvalue weighted by atomic mass is 32.2. The van der Waals surface area contributed by atoms with Crippen molar-refractivity contribution < 1.29 is 18.3 Å². The molecule has 10 nitrogen and oxygen atoms in total. The van der Waals surface area contributed by atoms with Crippen LogP contribution in [0.15, 0.2) is 40.6 Å². The largest absolute Gasteiger partial charge is 0.396 e. The van der Waals surface area contributed by atoms with Crippen molar-refractivity contribution in [1.82, 2.24) is 23.7 Å². The zero-order chi connectivity index (χ0) is 24.2. The number of rotatable bonds is 7. The molecule has 1 saturated heterocycles. The molecule has 4 heterocycles. The van der Waals surface area contributed by atoms with Gasteiger partial charge in [-0.05, 0) is 37.8 Å². The molecule has 2 aromatic rings. The number of carbonyl (C=O) groups excluding carboxylic acids is 1. The van der Waals surface area contributed by atoms with E-state index in [2.05, 4.69) is 10.3 Å². The number of imidazole rings is 1. The standard InChI is InChI=1S/C23H29N5O5S/c1-3-4-15-7-8-17-21-20(22(30)24-9-14-5-6-14)16(12-29)18(10-27(17)23(15)31)28(21)34(32,33)19-11-26(2)13-25-19/h3-4,7-8,11,13-14,16,18,20-21,29H,5-6,9-10,12H2,1-2H3,(H,24,30)/b4-3-/t16-,18-,20+,21+/m0/s1. The van der Waals surface area contributed by atoms with Crippen LogP contribution >= 0.6 is 0 Å². The molecule has 0 spiro atoms. The Balaban J connectivity index is 1.65. The second-order valence-corrected chi connectivity index (χ2v) is 11.2. The van der Waals surface area contributed by atoms with Crippen LogP contribution in [0.2, 0.25) is 0 Å². The Morgan fingerprint density at radius 2 is 2.09 bits per heavy atom. The van der Waals surface area contributed by atoms with Crippen LogP contribution in [0.1, 0.15) is 37.1 Å². The van der Waals surface area contributed by atoms with Crippen LogP contribution in [0.25, 0.3) is 6.08 Å². The summed E-state index contributed by atoms with van der Waals surface area (Å²) in [4.78, 5) is 30.7. The van der Waals surface area contributed by atoms with Gasteiger partial charge in [-0.2, -0.15) is 4.31 Å². The number of hydrogen-bond acceptors (Lipinski definition) is 6. The second-order valence-electron chi connectivity index (χ2n) is 9.41. The predicted octanol–water partition coefficient (Wildman–Crippen LogP) is 0.494. The van der Waals surface area contributed by atoms with E-state index in [-0.39, 0.29) is 29.6 Å². The summed E-state index contributed by atoms with van der Waals surface area (Å²) in [6.07, 6.45) is 8.42. The van der Waals surface area contributed by atoms with Gasteiger partial charge in [0.15, 0.2) is 5.03 Å². The zero-order valence-corrected chi connectivity index (χ0v) is 20.0. The van der Waals surface area contributed by atoms with Gasteiger partial charge in [0.25, 0.3) is 15.6 Å². The van der Waals surface area contributed by atoms with Gasteiger partial charge in [0.1, 0.15) is 0 Å². The molecule has 4 atom stereocenters. The molecule has 0 aromatic carbocycles. The fourth-order valence-corrected chi connectivity index (χ4v) is 7.14. The van der Waals surface area contributed by atoms with Crippen molar-refractivity contribution in [3.05, 3.63) is 52.3 Å². The third-order valence-electron chi connectivity index (χ3n) is 7.15. The van der Waals surface area contributed by atoms with E-state index in [9.17, 15) is 23.1 Å². The SMILES string of the molecule is C/C=C\c1ccc2n(c1=O)C[C@H]1[C@H](CO)[C@@H](C(=O)NCC3CC3)[C@@H]2N1S(=O)(=O)c1cn(C)cn1. The number of sulfonamides is 1. The summed E-state index contributed by atoms with van der Waals surface area (Å²) < 4.78 is 32.0. The molecule has 1 aliphatic carbocycles.